The van der Waals surface area contributed by atoms with Crippen molar-refractivity contribution in [1.29, 1.82) is 0 Å². The van der Waals surface area contributed by atoms with Gasteiger partial charge < -0.3 is 14.2 Å². The van der Waals surface area contributed by atoms with E-state index in [2.05, 4.69) is 15.9 Å². The van der Waals surface area contributed by atoms with Gasteiger partial charge in [-0.05, 0) is 53.7 Å². The van der Waals surface area contributed by atoms with Crippen LogP contribution in [0.15, 0.2) is 64.1 Å². The number of carbonyl (C=O) groups is 3. The molecule has 0 N–H and O–H groups in total. The summed E-state index contributed by atoms with van der Waals surface area (Å²) in [6, 6.07) is 15.3. The number of benzene rings is 2. The van der Waals surface area contributed by atoms with Gasteiger partial charge in [0, 0.05) is 15.6 Å². The van der Waals surface area contributed by atoms with Crippen LogP contribution in [-0.4, -0.2) is 52.3 Å². The molecule has 0 aliphatic carbocycles. The molecule has 2 amide bonds. The van der Waals surface area contributed by atoms with Crippen molar-refractivity contribution in [1.82, 2.24) is 10.0 Å². The average Bonchev–Trinajstić information content (AvgIpc) is 3.15. The average molecular weight is 560 g/mol. The fourth-order valence-corrected chi connectivity index (χ4v) is 3.78. The van der Waals surface area contributed by atoms with Crippen LogP contribution in [0.25, 0.3) is 0 Å². The summed E-state index contributed by atoms with van der Waals surface area (Å²) in [4.78, 5) is 45.6. The molecule has 0 saturated carbocycles. The first-order valence-electron chi connectivity index (χ1n) is 11.3. The molecular formula is C26H30BrN3O6. The van der Waals surface area contributed by atoms with Crippen LogP contribution in [0, 0.1) is 0 Å². The largest absolute Gasteiger partial charge is 0.465 e. The molecule has 1 heterocycles. The first-order chi connectivity index (χ1) is 16.7. The molecule has 0 saturated heterocycles. The maximum absolute atomic E-state index is 13.7. The van der Waals surface area contributed by atoms with E-state index in [9.17, 15) is 14.4 Å². The predicted molar refractivity (Wildman–Crippen MR) is 137 cm³/mol. The van der Waals surface area contributed by atoms with Crippen molar-refractivity contribution in [2.45, 2.75) is 58.4 Å². The number of hydrazine groups is 1. The minimum atomic E-state index is -2.10. The molecule has 0 bridgehead atoms. The molecule has 0 aromatic heterocycles. The number of halogens is 1. The fraction of sp³-hybridized carbons (Fsp3) is 0.385. The molecule has 0 spiro atoms. The number of hydrogen-bond acceptors (Lipinski definition) is 7. The van der Waals surface area contributed by atoms with Crippen molar-refractivity contribution in [2.24, 2.45) is 4.99 Å². The highest BCUT2D eigenvalue weighted by atomic mass is 79.9. The van der Waals surface area contributed by atoms with Crippen LogP contribution < -0.4 is 0 Å². The van der Waals surface area contributed by atoms with Gasteiger partial charge in [-0.3, -0.25) is 0 Å². The minimum Gasteiger partial charge on any atom is -0.465 e. The summed E-state index contributed by atoms with van der Waals surface area (Å²) in [5.74, 6) is -0.878. The van der Waals surface area contributed by atoms with E-state index in [0.717, 1.165) is 14.5 Å². The van der Waals surface area contributed by atoms with E-state index in [1.54, 1.807) is 96.1 Å². The van der Waals surface area contributed by atoms with Crippen LogP contribution in [-0.2, 0) is 24.7 Å². The molecule has 0 radical (unpaired) electrons. The summed E-state index contributed by atoms with van der Waals surface area (Å²) in [7, 11) is 1.19. The lowest BCUT2D eigenvalue weighted by Gasteiger charge is -2.38. The molecule has 0 fully saturated rings. The van der Waals surface area contributed by atoms with E-state index >= 15 is 0 Å². The van der Waals surface area contributed by atoms with Crippen LogP contribution in [0.1, 0.15) is 52.7 Å². The molecule has 1 aliphatic heterocycles. The Morgan fingerprint density at radius 3 is 1.86 bits per heavy atom. The zero-order valence-electron chi connectivity index (χ0n) is 21.4. The van der Waals surface area contributed by atoms with Gasteiger partial charge in [0.15, 0.2) is 5.84 Å². The Labute approximate surface area is 219 Å². The molecule has 10 heteroatoms. The first kappa shape index (κ1) is 27.2. The summed E-state index contributed by atoms with van der Waals surface area (Å²) in [5.41, 5.74) is -3.21. The van der Waals surface area contributed by atoms with Gasteiger partial charge in [0.1, 0.15) is 11.2 Å². The Balaban J connectivity index is 2.37. The smallest absolute Gasteiger partial charge is 0.435 e. The van der Waals surface area contributed by atoms with Crippen LogP contribution in [0.2, 0.25) is 0 Å². The third kappa shape index (κ3) is 5.53. The minimum absolute atomic E-state index is 0.0110. The highest BCUT2D eigenvalue weighted by Crippen LogP contribution is 2.41. The number of carbonyl (C=O) groups excluding carboxylic acids is 3. The van der Waals surface area contributed by atoms with Gasteiger partial charge in [0.2, 0.25) is 0 Å². The van der Waals surface area contributed by atoms with Crippen LogP contribution in [0.4, 0.5) is 9.59 Å². The van der Waals surface area contributed by atoms with Crippen molar-refractivity contribution in [3.05, 3.63) is 70.2 Å². The summed E-state index contributed by atoms with van der Waals surface area (Å²) < 4.78 is 17.2. The standard InChI is InChI=1S/C26H30BrN3O6/c1-24(2,3)35-22(32)29-20(17-13-15-19(27)16-14-17)28-26(21(31)34-7,18-11-9-8-10-12-18)30(29)23(33)36-25(4,5)6/h8-16H,1-7H3/t26-/m1/s1. The van der Waals surface area contributed by atoms with Crippen LogP contribution >= 0.6 is 15.9 Å². The summed E-state index contributed by atoms with van der Waals surface area (Å²) in [6.07, 6.45) is -1.91. The van der Waals surface area contributed by atoms with Crippen LogP contribution in [0.3, 0.4) is 0 Å². The van der Waals surface area contributed by atoms with Crippen molar-refractivity contribution in [3.8, 4) is 0 Å². The highest BCUT2D eigenvalue weighted by molar-refractivity contribution is 9.10. The number of ether oxygens (including phenoxy) is 3. The summed E-state index contributed by atoms with van der Waals surface area (Å²) >= 11 is 3.40. The van der Waals surface area contributed by atoms with Crippen molar-refractivity contribution in [2.75, 3.05) is 7.11 Å². The van der Waals surface area contributed by atoms with E-state index in [1.807, 2.05) is 0 Å². The molecule has 2 aromatic rings. The molecule has 0 unspecified atom stereocenters. The molecule has 1 atom stereocenters. The Hall–Kier alpha value is -3.40. The molecule has 3 rings (SSSR count). The lowest BCUT2D eigenvalue weighted by molar-refractivity contribution is -0.161. The second kappa shape index (κ2) is 9.93. The molecule has 36 heavy (non-hydrogen) atoms. The van der Waals surface area contributed by atoms with E-state index < -0.39 is 35.0 Å². The SMILES string of the molecule is COC(=O)[C@]1(c2ccccc2)N=C(c2ccc(Br)cc2)N(C(=O)OC(C)(C)C)N1C(=O)OC(C)(C)C. The first-order valence-corrected chi connectivity index (χ1v) is 12.0. The van der Waals surface area contributed by atoms with Gasteiger partial charge in [-0.1, -0.05) is 58.4 Å². The number of nitrogens with zero attached hydrogens (tertiary/aromatic N) is 3. The number of amides is 2. The Kier molecular flexibility index (Phi) is 7.50. The summed E-state index contributed by atoms with van der Waals surface area (Å²) in [6.45, 7) is 10.1. The zero-order chi connectivity index (χ0) is 26.9. The number of esters is 1. The van der Waals surface area contributed by atoms with Crippen molar-refractivity contribution >= 4 is 39.9 Å². The number of methoxy groups -OCH3 is 1. The van der Waals surface area contributed by atoms with Crippen LogP contribution in [0.5, 0.6) is 0 Å². The van der Waals surface area contributed by atoms with Gasteiger partial charge in [0.25, 0.3) is 5.66 Å². The van der Waals surface area contributed by atoms with E-state index in [-0.39, 0.29) is 5.84 Å². The second-order valence-electron chi connectivity index (χ2n) is 10.1. The van der Waals surface area contributed by atoms with Gasteiger partial charge in [0.05, 0.1) is 7.11 Å². The molecule has 2 aromatic carbocycles. The topological polar surface area (TPSA) is 97.7 Å². The van der Waals surface area contributed by atoms with E-state index in [4.69, 9.17) is 19.2 Å². The maximum atomic E-state index is 13.7. The zero-order valence-corrected chi connectivity index (χ0v) is 23.0. The monoisotopic (exact) mass is 559 g/mol. The van der Waals surface area contributed by atoms with E-state index in [0.29, 0.717) is 11.1 Å². The number of hydrogen-bond donors (Lipinski definition) is 0. The third-order valence-electron chi connectivity index (χ3n) is 4.86. The third-order valence-corrected chi connectivity index (χ3v) is 5.39. The lowest BCUT2D eigenvalue weighted by atomic mass is 9.99. The number of amidine groups is 1. The van der Waals surface area contributed by atoms with Gasteiger partial charge in [-0.2, -0.15) is 10.0 Å². The molecule has 192 valence electrons. The Bertz CT molecular complexity index is 1170. The van der Waals surface area contributed by atoms with Crippen molar-refractivity contribution in [3.63, 3.8) is 0 Å². The lowest BCUT2D eigenvalue weighted by Crippen LogP contribution is -2.60. The van der Waals surface area contributed by atoms with Gasteiger partial charge in [-0.15, -0.1) is 0 Å². The quantitative estimate of drug-likeness (QED) is 0.357. The number of aliphatic imine (C=N–C) groups is 1. The highest BCUT2D eigenvalue weighted by Gasteiger charge is 2.61. The number of rotatable bonds is 3. The fourth-order valence-electron chi connectivity index (χ4n) is 3.52. The normalized spacial score (nSPS) is 17.9. The molecular weight excluding hydrogens is 530 g/mol. The maximum Gasteiger partial charge on any atom is 0.435 e. The van der Waals surface area contributed by atoms with Crippen molar-refractivity contribution < 1.29 is 28.6 Å². The molecule has 9 nitrogen and oxygen atoms in total. The second-order valence-corrected chi connectivity index (χ2v) is 11.0. The van der Waals surface area contributed by atoms with Gasteiger partial charge in [-0.25, -0.2) is 19.4 Å². The Morgan fingerprint density at radius 1 is 0.833 bits per heavy atom. The van der Waals surface area contributed by atoms with Gasteiger partial charge >= 0.3 is 18.2 Å². The van der Waals surface area contributed by atoms with E-state index in [1.165, 1.54) is 7.11 Å². The Morgan fingerprint density at radius 2 is 1.36 bits per heavy atom. The molecule has 1 aliphatic rings. The summed E-state index contributed by atoms with van der Waals surface area (Å²) in [5, 5.41) is 1.80. The predicted octanol–water partition coefficient (Wildman–Crippen LogP) is 5.62.